The lowest BCUT2D eigenvalue weighted by Gasteiger charge is -2.31. The molecule has 74 valence electrons. The van der Waals surface area contributed by atoms with Gasteiger partial charge < -0.3 is 9.47 Å². The number of rotatable bonds is 1. The number of epoxide rings is 1. The summed E-state index contributed by atoms with van der Waals surface area (Å²) in [6, 6.07) is 0. The normalized spacial score (nSPS) is 45.7. The van der Waals surface area contributed by atoms with E-state index in [4.69, 9.17) is 9.47 Å². The molecule has 3 fully saturated rings. The molecule has 2 heteroatoms. The van der Waals surface area contributed by atoms with E-state index in [-0.39, 0.29) is 0 Å². The smallest absolute Gasteiger partial charge is 0.108 e. The predicted octanol–water partition coefficient (Wildman–Crippen LogP) is 2.12. The third kappa shape index (κ3) is 1.62. The zero-order valence-corrected chi connectivity index (χ0v) is 8.08. The van der Waals surface area contributed by atoms with Gasteiger partial charge in [0, 0.05) is 6.42 Å². The van der Waals surface area contributed by atoms with E-state index < -0.39 is 0 Å². The average Bonchev–Trinajstić information content (AvgIpc) is 2.96. The third-order valence-corrected chi connectivity index (χ3v) is 3.80. The number of hydrogen-bond acceptors (Lipinski definition) is 2. The van der Waals surface area contributed by atoms with E-state index >= 15 is 0 Å². The molecule has 13 heavy (non-hydrogen) atoms. The fraction of sp³-hybridized carbons (Fsp3) is 1.00. The first-order valence-corrected chi connectivity index (χ1v) is 5.70. The van der Waals surface area contributed by atoms with Crippen LogP contribution >= 0.6 is 0 Å². The number of hydrogen-bond donors (Lipinski definition) is 0. The highest BCUT2D eigenvalue weighted by molar-refractivity contribution is 4.93. The van der Waals surface area contributed by atoms with Crippen molar-refractivity contribution in [1.29, 1.82) is 0 Å². The second-order valence-electron chi connectivity index (χ2n) is 4.72. The van der Waals surface area contributed by atoms with Gasteiger partial charge in [-0.1, -0.05) is 19.3 Å². The van der Waals surface area contributed by atoms with Crippen LogP contribution in [0.5, 0.6) is 0 Å². The maximum atomic E-state index is 5.85. The highest BCUT2D eigenvalue weighted by Gasteiger charge is 2.46. The molecule has 1 aliphatic carbocycles. The minimum atomic E-state index is 0.472. The Balaban J connectivity index is 1.57. The molecule has 2 nitrogen and oxygen atoms in total. The summed E-state index contributed by atoms with van der Waals surface area (Å²) in [5.74, 6) is 0.846. The van der Waals surface area contributed by atoms with Crippen molar-refractivity contribution >= 4 is 0 Å². The molecule has 2 saturated heterocycles. The first-order chi connectivity index (χ1) is 6.43. The Labute approximate surface area is 79.6 Å². The molecule has 0 radical (unpaired) electrons. The summed E-state index contributed by atoms with van der Waals surface area (Å²) in [7, 11) is 0. The van der Waals surface area contributed by atoms with Crippen LogP contribution in [0, 0.1) is 5.92 Å². The van der Waals surface area contributed by atoms with Crippen molar-refractivity contribution in [2.45, 2.75) is 56.8 Å². The molecule has 2 aliphatic heterocycles. The molecule has 3 atom stereocenters. The Morgan fingerprint density at radius 3 is 2.46 bits per heavy atom. The maximum Gasteiger partial charge on any atom is 0.108 e. The molecule has 0 spiro atoms. The lowest BCUT2D eigenvalue weighted by molar-refractivity contribution is -0.0187. The standard InChI is InChI=1S/C11H18O2/c1-2-4-8(5-3-1)9-6-10-11(13-10)7-12-9/h8-11H,1-7H2/t9-,10-,11+/m0/s1. The van der Waals surface area contributed by atoms with Crippen molar-refractivity contribution in [1.82, 2.24) is 0 Å². The topological polar surface area (TPSA) is 21.8 Å². The minimum absolute atomic E-state index is 0.472. The van der Waals surface area contributed by atoms with E-state index in [1.165, 1.54) is 38.5 Å². The van der Waals surface area contributed by atoms with Gasteiger partial charge in [0.1, 0.15) is 6.10 Å². The fourth-order valence-corrected chi connectivity index (χ4v) is 2.88. The van der Waals surface area contributed by atoms with Crippen molar-refractivity contribution in [3.8, 4) is 0 Å². The van der Waals surface area contributed by atoms with Gasteiger partial charge in [-0.15, -0.1) is 0 Å². The third-order valence-electron chi connectivity index (χ3n) is 3.80. The lowest BCUT2D eigenvalue weighted by atomic mass is 9.83. The van der Waals surface area contributed by atoms with Crippen LogP contribution in [0.4, 0.5) is 0 Å². The molecular formula is C11H18O2. The van der Waals surface area contributed by atoms with Gasteiger partial charge in [0.05, 0.1) is 18.8 Å². The van der Waals surface area contributed by atoms with Crippen molar-refractivity contribution < 1.29 is 9.47 Å². The summed E-state index contributed by atoms with van der Waals surface area (Å²) in [4.78, 5) is 0. The molecule has 0 aromatic carbocycles. The van der Waals surface area contributed by atoms with Crippen LogP contribution in [0.3, 0.4) is 0 Å². The van der Waals surface area contributed by atoms with E-state index in [0.29, 0.717) is 18.3 Å². The first-order valence-electron chi connectivity index (χ1n) is 5.70. The van der Waals surface area contributed by atoms with Crippen LogP contribution in [-0.2, 0) is 9.47 Å². The second kappa shape index (κ2) is 3.25. The fourth-order valence-electron chi connectivity index (χ4n) is 2.88. The van der Waals surface area contributed by atoms with Crippen LogP contribution in [0.15, 0.2) is 0 Å². The van der Waals surface area contributed by atoms with Crippen molar-refractivity contribution in [3.05, 3.63) is 0 Å². The Kier molecular flexibility index (Phi) is 2.06. The summed E-state index contributed by atoms with van der Waals surface area (Å²) in [6.45, 7) is 0.867. The van der Waals surface area contributed by atoms with Gasteiger partial charge in [-0.2, -0.15) is 0 Å². The van der Waals surface area contributed by atoms with E-state index in [2.05, 4.69) is 0 Å². The molecule has 0 unspecified atom stereocenters. The molecule has 0 aromatic rings. The zero-order chi connectivity index (χ0) is 8.67. The monoisotopic (exact) mass is 182 g/mol. The van der Waals surface area contributed by atoms with E-state index in [1.807, 2.05) is 0 Å². The summed E-state index contributed by atoms with van der Waals surface area (Å²) in [5.41, 5.74) is 0. The molecule has 3 rings (SSSR count). The summed E-state index contributed by atoms with van der Waals surface area (Å²) < 4.78 is 11.3. The molecule has 2 heterocycles. The van der Waals surface area contributed by atoms with Gasteiger partial charge in [-0.05, 0) is 18.8 Å². The molecule has 3 aliphatic rings. The second-order valence-corrected chi connectivity index (χ2v) is 4.72. The summed E-state index contributed by atoms with van der Waals surface area (Å²) >= 11 is 0. The Morgan fingerprint density at radius 2 is 1.69 bits per heavy atom. The molecular weight excluding hydrogens is 164 g/mol. The Morgan fingerprint density at radius 1 is 0.846 bits per heavy atom. The molecule has 1 saturated carbocycles. The van der Waals surface area contributed by atoms with Crippen LogP contribution in [0.2, 0.25) is 0 Å². The average molecular weight is 182 g/mol. The van der Waals surface area contributed by atoms with Crippen LogP contribution < -0.4 is 0 Å². The SMILES string of the molecule is C1CCC([C@@H]2C[C@@H]3O[C@@H]3CO2)CC1. The van der Waals surface area contributed by atoms with Gasteiger partial charge in [0.15, 0.2) is 0 Å². The highest BCUT2D eigenvalue weighted by atomic mass is 16.6. The van der Waals surface area contributed by atoms with E-state index in [9.17, 15) is 0 Å². The van der Waals surface area contributed by atoms with Crippen LogP contribution in [-0.4, -0.2) is 24.9 Å². The van der Waals surface area contributed by atoms with Crippen molar-refractivity contribution in [2.24, 2.45) is 5.92 Å². The van der Waals surface area contributed by atoms with Gasteiger partial charge in [0.2, 0.25) is 0 Å². The van der Waals surface area contributed by atoms with Gasteiger partial charge in [-0.3, -0.25) is 0 Å². The number of fused-ring (bicyclic) bond motifs is 1. The zero-order valence-electron chi connectivity index (χ0n) is 8.08. The number of ether oxygens (including phenoxy) is 2. The van der Waals surface area contributed by atoms with E-state index in [1.54, 1.807) is 0 Å². The minimum Gasteiger partial charge on any atom is -0.375 e. The highest BCUT2D eigenvalue weighted by Crippen LogP contribution is 2.38. The molecule has 0 aromatic heterocycles. The van der Waals surface area contributed by atoms with Crippen LogP contribution in [0.25, 0.3) is 0 Å². The predicted molar refractivity (Wildman–Crippen MR) is 49.6 cm³/mol. The van der Waals surface area contributed by atoms with Gasteiger partial charge >= 0.3 is 0 Å². The summed E-state index contributed by atoms with van der Waals surface area (Å²) in [6.07, 6.45) is 9.80. The molecule has 0 amide bonds. The Hall–Kier alpha value is -0.0800. The van der Waals surface area contributed by atoms with Crippen LogP contribution in [0.1, 0.15) is 38.5 Å². The van der Waals surface area contributed by atoms with Gasteiger partial charge in [0.25, 0.3) is 0 Å². The first kappa shape index (κ1) is 8.25. The largest absolute Gasteiger partial charge is 0.375 e. The maximum absolute atomic E-state index is 5.85. The summed E-state index contributed by atoms with van der Waals surface area (Å²) in [5, 5.41) is 0. The lowest BCUT2D eigenvalue weighted by Crippen LogP contribution is -2.32. The Bertz CT molecular complexity index is 187. The van der Waals surface area contributed by atoms with E-state index in [0.717, 1.165) is 12.5 Å². The van der Waals surface area contributed by atoms with Crippen molar-refractivity contribution in [3.63, 3.8) is 0 Å². The molecule has 0 N–H and O–H groups in total. The van der Waals surface area contributed by atoms with Crippen molar-refractivity contribution in [2.75, 3.05) is 6.61 Å². The molecule has 0 bridgehead atoms. The van der Waals surface area contributed by atoms with Gasteiger partial charge in [-0.25, -0.2) is 0 Å². The quantitative estimate of drug-likeness (QED) is 0.579.